The molecule has 2 atom stereocenters. The number of ether oxygens (including phenoxy) is 2. The Balaban J connectivity index is 1.76. The molecule has 0 radical (unpaired) electrons. The third-order valence-electron chi connectivity index (χ3n) is 3.07. The maximum absolute atomic E-state index is 5.98. The average molecular weight is 200 g/mol. The summed E-state index contributed by atoms with van der Waals surface area (Å²) in [5, 5.41) is 3.62. The lowest BCUT2D eigenvalue weighted by molar-refractivity contribution is 0.0417. The van der Waals surface area contributed by atoms with E-state index < -0.39 is 0 Å². The molecule has 0 saturated carbocycles. The van der Waals surface area contributed by atoms with E-state index in [2.05, 4.69) is 5.32 Å². The summed E-state index contributed by atoms with van der Waals surface area (Å²) in [5.41, 5.74) is 5.98. The fourth-order valence-electron chi connectivity index (χ4n) is 2.13. The van der Waals surface area contributed by atoms with Crippen LogP contribution in [0.15, 0.2) is 0 Å². The molecule has 82 valence electrons. The van der Waals surface area contributed by atoms with Crippen LogP contribution in [0.5, 0.6) is 0 Å². The molecule has 2 heterocycles. The fraction of sp³-hybridized carbons (Fsp3) is 1.00. The molecular weight excluding hydrogens is 180 g/mol. The Hall–Kier alpha value is -0.160. The van der Waals surface area contributed by atoms with E-state index in [-0.39, 0.29) is 6.04 Å². The molecule has 2 aliphatic rings. The van der Waals surface area contributed by atoms with Crippen LogP contribution in [0.1, 0.15) is 19.3 Å². The van der Waals surface area contributed by atoms with Crippen LogP contribution < -0.4 is 11.1 Å². The Bertz CT molecular complexity index is 172. The highest BCUT2D eigenvalue weighted by Gasteiger charge is 2.25. The van der Waals surface area contributed by atoms with Gasteiger partial charge < -0.3 is 20.5 Å². The molecule has 0 aromatic carbocycles. The van der Waals surface area contributed by atoms with Crippen molar-refractivity contribution in [2.45, 2.75) is 37.4 Å². The van der Waals surface area contributed by atoms with E-state index in [1.165, 1.54) is 0 Å². The molecular formula is C10H20N2O2. The lowest BCUT2D eigenvalue weighted by Gasteiger charge is -2.34. The molecule has 0 aromatic heterocycles. The van der Waals surface area contributed by atoms with Crippen LogP contribution in [0.25, 0.3) is 0 Å². The van der Waals surface area contributed by atoms with Crippen molar-refractivity contribution in [3.05, 3.63) is 0 Å². The van der Waals surface area contributed by atoms with Crippen molar-refractivity contribution in [3.8, 4) is 0 Å². The van der Waals surface area contributed by atoms with Gasteiger partial charge in [0.05, 0.1) is 6.61 Å². The van der Waals surface area contributed by atoms with Gasteiger partial charge in [0.1, 0.15) is 0 Å². The lowest BCUT2D eigenvalue weighted by atomic mass is 10.0. The van der Waals surface area contributed by atoms with Gasteiger partial charge in [-0.05, 0) is 19.3 Å². The normalized spacial score (nSPS) is 35.8. The van der Waals surface area contributed by atoms with Gasteiger partial charge in [-0.3, -0.25) is 0 Å². The second kappa shape index (κ2) is 5.07. The minimum Gasteiger partial charge on any atom is -0.381 e. The molecule has 3 N–H and O–H groups in total. The van der Waals surface area contributed by atoms with Gasteiger partial charge in [0.25, 0.3) is 0 Å². The van der Waals surface area contributed by atoms with Crippen molar-refractivity contribution < 1.29 is 9.47 Å². The standard InChI is InChI=1S/C10H20N2O2/c11-9-7-14-6-3-10(9)12-8-1-4-13-5-2-8/h8-10,12H,1-7,11H2. The molecule has 4 nitrogen and oxygen atoms in total. The summed E-state index contributed by atoms with van der Waals surface area (Å²) < 4.78 is 10.6. The molecule has 2 aliphatic heterocycles. The monoisotopic (exact) mass is 200 g/mol. The SMILES string of the molecule is NC1COCCC1NC1CCOCC1. The van der Waals surface area contributed by atoms with Crippen LogP contribution in [0.2, 0.25) is 0 Å². The zero-order valence-electron chi connectivity index (χ0n) is 8.58. The molecule has 0 aliphatic carbocycles. The van der Waals surface area contributed by atoms with Gasteiger partial charge in [-0.2, -0.15) is 0 Å². The van der Waals surface area contributed by atoms with Crippen LogP contribution in [-0.2, 0) is 9.47 Å². The van der Waals surface area contributed by atoms with E-state index in [0.29, 0.717) is 18.7 Å². The molecule has 0 bridgehead atoms. The summed E-state index contributed by atoms with van der Waals surface area (Å²) >= 11 is 0. The summed E-state index contributed by atoms with van der Waals surface area (Å²) in [6, 6.07) is 1.19. The maximum atomic E-state index is 5.98. The van der Waals surface area contributed by atoms with Gasteiger partial charge in [0.2, 0.25) is 0 Å². The first-order valence-electron chi connectivity index (χ1n) is 5.53. The topological polar surface area (TPSA) is 56.5 Å². The molecule has 0 aromatic rings. The highest BCUT2D eigenvalue weighted by atomic mass is 16.5. The predicted octanol–water partition coefficient (Wildman–Crippen LogP) is -0.129. The fourth-order valence-corrected chi connectivity index (χ4v) is 2.13. The van der Waals surface area contributed by atoms with Gasteiger partial charge in [0, 0.05) is 37.9 Å². The number of hydrogen-bond acceptors (Lipinski definition) is 4. The first-order chi connectivity index (χ1) is 6.86. The molecule has 14 heavy (non-hydrogen) atoms. The van der Waals surface area contributed by atoms with Gasteiger partial charge in [-0.1, -0.05) is 0 Å². The summed E-state index contributed by atoms with van der Waals surface area (Å²) in [5.74, 6) is 0. The zero-order chi connectivity index (χ0) is 9.80. The third-order valence-corrected chi connectivity index (χ3v) is 3.07. The van der Waals surface area contributed by atoms with E-state index in [9.17, 15) is 0 Å². The Morgan fingerprint density at radius 2 is 1.71 bits per heavy atom. The van der Waals surface area contributed by atoms with Crippen LogP contribution >= 0.6 is 0 Å². The average Bonchev–Trinajstić information content (AvgIpc) is 2.23. The summed E-state index contributed by atoms with van der Waals surface area (Å²) in [6.07, 6.45) is 3.27. The summed E-state index contributed by atoms with van der Waals surface area (Å²) in [6.45, 7) is 3.31. The highest BCUT2D eigenvalue weighted by Crippen LogP contribution is 2.12. The van der Waals surface area contributed by atoms with Gasteiger partial charge in [-0.25, -0.2) is 0 Å². The summed E-state index contributed by atoms with van der Waals surface area (Å²) in [4.78, 5) is 0. The van der Waals surface area contributed by atoms with E-state index in [0.717, 1.165) is 39.1 Å². The lowest BCUT2D eigenvalue weighted by Crippen LogP contribution is -2.55. The van der Waals surface area contributed by atoms with Crippen LogP contribution in [0, 0.1) is 0 Å². The van der Waals surface area contributed by atoms with Gasteiger partial charge in [-0.15, -0.1) is 0 Å². The van der Waals surface area contributed by atoms with Gasteiger partial charge in [0.15, 0.2) is 0 Å². The number of hydrogen-bond donors (Lipinski definition) is 2. The van der Waals surface area contributed by atoms with Crippen LogP contribution in [0.4, 0.5) is 0 Å². The van der Waals surface area contributed by atoms with Crippen molar-refractivity contribution in [1.82, 2.24) is 5.32 Å². The Labute approximate surface area is 85.1 Å². The van der Waals surface area contributed by atoms with Crippen molar-refractivity contribution in [2.24, 2.45) is 5.73 Å². The van der Waals surface area contributed by atoms with Crippen molar-refractivity contribution in [2.75, 3.05) is 26.4 Å². The Morgan fingerprint density at radius 1 is 1.00 bits per heavy atom. The second-order valence-corrected chi connectivity index (χ2v) is 4.19. The predicted molar refractivity (Wildman–Crippen MR) is 54.2 cm³/mol. The minimum absolute atomic E-state index is 0.159. The molecule has 2 unspecified atom stereocenters. The van der Waals surface area contributed by atoms with Crippen LogP contribution in [0.3, 0.4) is 0 Å². The van der Waals surface area contributed by atoms with E-state index >= 15 is 0 Å². The number of nitrogens with two attached hydrogens (primary N) is 1. The quantitative estimate of drug-likeness (QED) is 0.652. The number of nitrogens with one attached hydrogen (secondary N) is 1. The van der Waals surface area contributed by atoms with E-state index in [1.807, 2.05) is 0 Å². The Morgan fingerprint density at radius 3 is 2.43 bits per heavy atom. The number of rotatable bonds is 2. The second-order valence-electron chi connectivity index (χ2n) is 4.19. The first-order valence-corrected chi connectivity index (χ1v) is 5.53. The first kappa shape index (κ1) is 10.4. The van der Waals surface area contributed by atoms with Crippen molar-refractivity contribution in [1.29, 1.82) is 0 Å². The molecule has 0 spiro atoms. The smallest absolute Gasteiger partial charge is 0.0632 e. The van der Waals surface area contributed by atoms with Gasteiger partial charge >= 0.3 is 0 Å². The molecule has 2 saturated heterocycles. The molecule has 4 heteroatoms. The third kappa shape index (κ3) is 2.67. The van der Waals surface area contributed by atoms with E-state index in [4.69, 9.17) is 15.2 Å². The largest absolute Gasteiger partial charge is 0.381 e. The van der Waals surface area contributed by atoms with Crippen molar-refractivity contribution >= 4 is 0 Å². The van der Waals surface area contributed by atoms with Crippen molar-refractivity contribution in [3.63, 3.8) is 0 Å². The molecule has 2 fully saturated rings. The zero-order valence-corrected chi connectivity index (χ0v) is 8.58. The highest BCUT2D eigenvalue weighted by molar-refractivity contribution is 4.86. The Kier molecular flexibility index (Phi) is 3.75. The maximum Gasteiger partial charge on any atom is 0.0632 e. The molecule has 2 rings (SSSR count). The molecule has 0 amide bonds. The summed E-state index contributed by atoms with van der Waals surface area (Å²) in [7, 11) is 0. The minimum atomic E-state index is 0.159. The van der Waals surface area contributed by atoms with E-state index in [1.54, 1.807) is 0 Å². The van der Waals surface area contributed by atoms with Crippen LogP contribution in [-0.4, -0.2) is 44.6 Å².